The second kappa shape index (κ2) is 8.69. The highest BCUT2D eigenvalue weighted by molar-refractivity contribution is 9.10. The molecule has 0 amide bonds. The van der Waals surface area contributed by atoms with E-state index in [0.29, 0.717) is 13.0 Å². The zero-order valence-electron chi connectivity index (χ0n) is 14.8. The number of halogens is 1. The van der Waals surface area contributed by atoms with Crippen molar-refractivity contribution in [1.82, 2.24) is 0 Å². The number of esters is 1. The Labute approximate surface area is 166 Å². The minimum atomic E-state index is -0.155. The summed E-state index contributed by atoms with van der Waals surface area (Å²) in [5, 5.41) is 1.23. The minimum Gasteiger partial charge on any atom is -0.497 e. The molecule has 0 radical (unpaired) electrons. The van der Waals surface area contributed by atoms with Crippen molar-refractivity contribution < 1.29 is 14.3 Å². The molecule has 136 valence electrons. The molecule has 0 saturated carbocycles. The van der Waals surface area contributed by atoms with Crippen molar-refractivity contribution in [3.05, 3.63) is 63.4 Å². The number of benzene rings is 2. The van der Waals surface area contributed by atoms with Gasteiger partial charge in [-0.2, -0.15) is 0 Å². The van der Waals surface area contributed by atoms with Crippen molar-refractivity contribution in [2.24, 2.45) is 0 Å². The fraction of sp³-hybridized carbons (Fsp3) is 0.286. The van der Waals surface area contributed by atoms with Gasteiger partial charge >= 0.3 is 5.97 Å². The number of methoxy groups -OCH3 is 1. The van der Waals surface area contributed by atoms with Crippen LogP contribution in [0.5, 0.6) is 5.75 Å². The summed E-state index contributed by atoms with van der Waals surface area (Å²) in [5.74, 6) is 0.740. The van der Waals surface area contributed by atoms with Gasteiger partial charge in [0.2, 0.25) is 0 Å². The van der Waals surface area contributed by atoms with Crippen molar-refractivity contribution in [2.75, 3.05) is 13.7 Å². The van der Waals surface area contributed by atoms with Gasteiger partial charge in [0.1, 0.15) is 5.75 Å². The van der Waals surface area contributed by atoms with Gasteiger partial charge in [0, 0.05) is 14.0 Å². The SMILES string of the molecule is CCOC(=O)CC(Cc1cc2cc(Br)ccc2s1)c1ccc(OC)cc1. The first-order valence-corrected chi connectivity index (χ1v) is 10.2. The molecule has 1 atom stereocenters. The van der Waals surface area contributed by atoms with E-state index in [4.69, 9.17) is 9.47 Å². The van der Waals surface area contributed by atoms with E-state index in [1.54, 1.807) is 18.4 Å². The van der Waals surface area contributed by atoms with Crippen LogP contribution in [0.4, 0.5) is 0 Å². The summed E-state index contributed by atoms with van der Waals surface area (Å²) in [5.41, 5.74) is 1.12. The van der Waals surface area contributed by atoms with E-state index < -0.39 is 0 Å². The van der Waals surface area contributed by atoms with Crippen LogP contribution in [-0.4, -0.2) is 19.7 Å². The molecule has 0 aliphatic carbocycles. The van der Waals surface area contributed by atoms with Crippen molar-refractivity contribution in [3.8, 4) is 5.75 Å². The second-order valence-corrected chi connectivity index (χ2v) is 8.16. The van der Waals surface area contributed by atoms with Gasteiger partial charge in [-0.1, -0.05) is 28.1 Å². The quantitative estimate of drug-likeness (QED) is 0.432. The summed E-state index contributed by atoms with van der Waals surface area (Å²) >= 11 is 5.30. The van der Waals surface area contributed by atoms with E-state index in [1.165, 1.54) is 15.0 Å². The fourth-order valence-electron chi connectivity index (χ4n) is 3.02. The zero-order valence-corrected chi connectivity index (χ0v) is 17.2. The third-order valence-corrected chi connectivity index (χ3v) is 5.91. The Morgan fingerprint density at radius 3 is 2.62 bits per heavy atom. The van der Waals surface area contributed by atoms with E-state index in [0.717, 1.165) is 22.2 Å². The van der Waals surface area contributed by atoms with Crippen molar-refractivity contribution >= 4 is 43.3 Å². The number of hydrogen-bond donors (Lipinski definition) is 0. The van der Waals surface area contributed by atoms with E-state index >= 15 is 0 Å². The number of hydrogen-bond acceptors (Lipinski definition) is 4. The lowest BCUT2D eigenvalue weighted by atomic mass is 9.91. The standard InChI is InChI=1S/C21H21BrO3S/c1-3-25-21(23)13-15(14-4-7-18(24-2)8-5-14)11-19-12-16-10-17(22)6-9-20(16)26-19/h4-10,12,15H,3,11,13H2,1-2H3. The number of thiophene rings is 1. The monoisotopic (exact) mass is 432 g/mol. The lowest BCUT2D eigenvalue weighted by Crippen LogP contribution is -2.12. The van der Waals surface area contributed by atoms with Crippen molar-refractivity contribution in [3.63, 3.8) is 0 Å². The molecule has 3 rings (SSSR count). The van der Waals surface area contributed by atoms with Crippen molar-refractivity contribution in [1.29, 1.82) is 0 Å². The first kappa shape index (κ1) is 18.9. The number of ether oxygens (including phenoxy) is 2. The molecule has 1 heterocycles. The van der Waals surface area contributed by atoms with E-state index in [9.17, 15) is 4.79 Å². The lowest BCUT2D eigenvalue weighted by Gasteiger charge is -2.16. The van der Waals surface area contributed by atoms with Gasteiger partial charge in [0.15, 0.2) is 0 Å². The molecule has 5 heteroatoms. The smallest absolute Gasteiger partial charge is 0.306 e. The fourth-order valence-corrected chi connectivity index (χ4v) is 4.52. The highest BCUT2D eigenvalue weighted by Gasteiger charge is 2.19. The molecule has 0 aliphatic heterocycles. The molecule has 0 saturated heterocycles. The Balaban J connectivity index is 1.86. The maximum absolute atomic E-state index is 12.1. The highest BCUT2D eigenvalue weighted by atomic mass is 79.9. The molecule has 0 aliphatic rings. The average molecular weight is 433 g/mol. The van der Waals surface area contributed by atoms with Crippen LogP contribution < -0.4 is 4.74 Å². The van der Waals surface area contributed by atoms with Crippen LogP contribution in [0.1, 0.15) is 29.7 Å². The predicted octanol–water partition coefficient (Wildman–Crippen LogP) is 5.95. The molecule has 1 unspecified atom stereocenters. The van der Waals surface area contributed by atoms with Gasteiger partial charge in [0.05, 0.1) is 20.1 Å². The van der Waals surface area contributed by atoms with E-state index in [1.807, 2.05) is 31.2 Å². The molecule has 26 heavy (non-hydrogen) atoms. The topological polar surface area (TPSA) is 35.5 Å². The van der Waals surface area contributed by atoms with E-state index in [2.05, 4.69) is 40.2 Å². The summed E-state index contributed by atoms with van der Waals surface area (Å²) in [6, 6.07) is 16.5. The van der Waals surface area contributed by atoms with Gasteiger partial charge in [-0.15, -0.1) is 11.3 Å². The largest absolute Gasteiger partial charge is 0.497 e. The molecular formula is C21H21BrO3S. The Kier molecular flexibility index (Phi) is 6.33. The van der Waals surface area contributed by atoms with Gasteiger partial charge in [0.25, 0.3) is 0 Å². The molecule has 2 aromatic carbocycles. The van der Waals surface area contributed by atoms with Crippen LogP contribution in [-0.2, 0) is 16.0 Å². The van der Waals surface area contributed by atoms with Gasteiger partial charge in [-0.05, 0) is 66.6 Å². The zero-order chi connectivity index (χ0) is 18.5. The Morgan fingerprint density at radius 1 is 1.15 bits per heavy atom. The Bertz CT molecular complexity index is 886. The summed E-state index contributed by atoms with van der Waals surface area (Å²) in [7, 11) is 1.65. The third-order valence-electron chi connectivity index (χ3n) is 4.28. The number of fused-ring (bicyclic) bond motifs is 1. The first-order chi connectivity index (χ1) is 12.6. The molecule has 0 fully saturated rings. The van der Waals surface area contributed by atoms with Gasteiger partial charge in [-0.25, -0.2) is 0 Å². The maximum Gasteiger partial charge on any atom is 0.306 e. The molecule has 0 bridgehead atoms. The summed E-state index contributed by atoms with van der Waals surface area (Å²) in [6.45, 7) is 2.25. The molecule has 0 N–H and O–H groups in total. The number of rotatable bonds is 7. The van der Waals surface area contributed by atoms with E-state index in [-0.39, 0.29) is 11.9 Å². The molecule has 0 spiro atoms. The van der Waals surface area contributed by atoms with Crippen LogP contribution in [0.15, 0.2) is 53.0 Å². The minimum absolute atomic E-state index is 0.0801. The molecular weight excluding hydrogens is 412 g/mol. The summed E-state index contributed by atoms with van der Waals surface area (Å²) in [6.07, 6.45) is 1.18. The Morgan fingerprint density at radius 2 is 1.92 bits per heavy atom. The second-order valence-electron chi connectivity index (χ2n) is 6.08. The molecule has 3 nitrogen and oxygen atoms in total. The number of carbonyl (C=O) groups excluding carboxylic acids is 1. The lowest BCUT2D eigenvalue weighted by molar-refractivity contribution is -0.143. The molecule has 3 aromatic rings. The summed E-state index contributed by atoms with van der Waals surface area (Å²) < 4.78 is 12.8. The first-order valence-electron chi connectivity index (χ1n) is 8.56. The predicted molar refractivity (Wildman–Crippen MR) is 110 cm³/mol. The van der Waals surface area contributed by atoms with Crippen LogP contribution in [0.25, 0.3) is 10.1 Å². The highest BCUT2D eigenvalue weighted by Crippen LogP contribution is 2.33. The number of carbonyl (C=O) groups is 1. The normalized spacial score (nSPS) is 12.1. The van der Waals surface area contributed by atoms with Crippen LogP contribution >= 0.6 is 27.3 Å². The molecule has 1 aromatic heterocycles. The summed E-state index contributed by atoms with van der Waals surface area (Å²) in [4.78, 5) is 13.4. The van der Waals surface area contributed by atoms with Crippen LogP contribution in [0.2, 0.25) is 0 Å². The maximum atomic E-state index is 12.1. The van der Waals surface area contributed by atoms with Crippen LogP contribution in [0.3, 0.4) is 0 Å². The Hall–Kier alpha value is -1.85. The average Bonchev–Trinajstić information content (AvgIpc) is 3.03. The van der Waals surface area contributed by atoms with Crippen LogP contribution in [0, 0.1) is 0 Å². The van der Waals surface area contributed by atoms with Gasteiger partial charge < -0.3 is 9.47 Å². The van der Waals surface area contributed by atoms with Crippen molar-refractivity contribution in [2.45, 2.75) is 25.7 Å². The van der Waals surface area contributed by atoms with Gasteiger partial charge in [-0.3, -0.25) is 4.79 Å². The third kappa shape index (κ3) is 4.65.